The van der Waals surface area contributed by atoms with Gasteiger partial charge in [0.05, 0.1) is 5.69 Å². The molecule has 1 saturated heterocycles. The fourth-order valence-electron chi connectivity index (χ4n) is 3.22. The number of hydrogen-bond acceptors (Lipinski definition) is 5. The summed E-state index contributed by atoms with van der Waals surface area (Å²) in [6.07, 6.45) is 8.54. The van der Waals surface area contributed by atoms with Crippen LogP contribution in [0.4, 0.5) is 11.8 Å². The summed E-state index contributed by atoms with van der Waals surface area (Å²) in [5.41, 5.74) is 12.9. The van der Waals surface area contributed by atoms with Crippen molar-refractivity contribution >= 4 is 11.8 Å². The maximum atomic E-state index is 5.91. The second-order valence-corrected chi connectivity index (χ2v) is 6.19. The van der Waals surface area contributed by atoms with E-state index in [1.54, 1.807) is 0 Å². The lowest BCUT2D eigenvalue weighted by Gasteiger charge is -2.33. The van der Waals surface area contributed by atoms with Crippen molar-refractivity contribution in [3.05, 3.63) is 11.8 Å². The molecule has 110 valence electrons. The standard InChI is InChI=1S/C15H25N5/c16-12-8-11(9-12)13-10-14(19-15(17)18-13)20-6-4-2-1-3-5-7-20/h10-12H,1-9,16H2,(H2,17,18,19). The van der Waals surface area contributed by atoms with Crippen molar-refractivity contribution in [2.75, 3.05) is 23.7 Å². The van der Waals surface area contributed by atoms with Gasteiger partial charge in [-0.05, 0) is 25.7 Å². The van der Waals surface area contributed by atoms with Gasteiger partial charge in [0, 0.05) is 31.1 Å². The van der Waals surface area contributed by atoms with Crippen molar-refractivity contribution in [1.82, 2.24) is 9.97 Å². The third kappa shape index (κ3) is 3.03. The number of nitrogen functional groups attached to an aromatic ring is 1. The fraction of sp³-hybridized carbons (Fsp3) is 0.733. The Hall–Kier alpha value is -1.36. The van der Waals surface area contributed by atoms with Crippen LogP contribution in [0.2, 0.25) is 0 Å². The summed E-state index contributed by atoms with van der Waals surface area (Å²) in [7, 11) is 0. The predicted octanol–water partition coefficient (Wildman–Crippen LogP) is 2.03. The van der Waals surface area contributed by atoms with Crippen molar-refractivity contribution in [3.63, 3.8) is 0 Å². The third-order valence-corrected chi connectivity index (χ3v) is 4.52. The minimum absolute atomic E-state index is 0.335. The van der Waals surface area contributed by atoms with Gasteiger partial charge < -0.3 is 16.4 Å². The third-order valence-electron chi connectivity index (χ3n) is 4.52. The largest absolute Gasteiger partial charge is 0.368 e. The maximum absolute atomic E-state index is 5.91. The Kier molecular flexibility index (Phi) is 4.05. The molecule has 20 heavy (non-hydrogen) atoms. The lowest BCUT2D eigenvalue weighted by Crippen LogP contribution is -2.35. The van der Waals surface area contributed by atoms with Crippen LogP contribution in [0.1, 0.15) is 56.6 Å². The molecule has 1 aromatic heterocycles. The number of hydrogen-bond donors (Lipinski definition) is 2. The van der Waals surface area contributed by atoms with Gasteiger partial charge in [-0.25, -0.2) is 4.98 Å². The normalized spacial score (nSPS) is 27.6. The number of nitrogens with two attached hydrogens (primary N) is 2. The predicted molar refractivity (Wildman–Crippen MR) is 81.7 cm³/mol. The van der Waals surface area contributed by atoms with Gasteiger partial charge in [-0.15, -0.1) is 0 Å². The van der Waals surface area contributed by atoms with Crippen molar-refractivity contribution in [1.29, 1.82) is 0 Å². The molecule has 0 spiro atoms. The summed E-state index contributed by atoms with van der Waals surface area (Å²) < 4.78 is 0. The highest BCUT2D eigenvalue weighted by atomic mass is 15.2. The number of nitrogens with zero attached hydrogens (tertiary/aromatic N) is 3. The summed E-state index contributed by atoms with van der Waals surface area (Å²) in [5.74, 6) is 1.89. The van der Waals surface area contributed by atoms with Crippen LogP contribution in [0.25, 0.3) is 0 Å². The van der Waals surface area contributed by atoms with Crippen molar-refractivity contribution in [3.8, 4) is 0 Å². The van der Waals surface area contributed by atoms with Crippen LogP contribution in [0.3, 0.4) is 0 Å². The van der Waals surface area contributed by atoms with E-state index in [1.807, 2.05) is 0 Å². The molecular weight excluding hydrogens is 250 g/mol. The zero-order valence-electron chi connectivity index (χ0n) is 12.1. The SMILES string of the molecule is Nc1nc(C2CC(N)C2)cc(N2CCCCCCC2)n1. The smallest absolute Gasteiger partial charge is 0.222 e. The maximum Gasteiger partial charge on any atom is 0.222 e. The van der Waals surface area contributed by atoms with Gasteiger partial charge in [-0.3, -0.25) is 0 Å². The molecule has 2 heterocycles. The molecule has 0 radical (unpaired) electrons. The van der Waals surface area contributed by atoms with Crippen LogP contribution in [0, 0.1) is 0 Å². The van der Waals surface area contributed by atoms with Crippen molar-refractivity contribution < 1.29 is 0 Å². The molecule has 2 aliphatic rings. The Balaban J connectivity index is 1.77. The molecule has 0 unspecified atom stereocenters. The van der Waals surface area contributed by atoms with E-state index < -0.39 is 0 Å². The van der Waals surface area contributed by atoms with E-state index in [4.69, 9.17) is 11.5 Å². The van der Waals surface area contributed by atoms with Gasteiger partial charge in [-0.2, -0.15) is 4.98 Å². The average Bonchev–Trinajstić information content (AvgIpc) is 2.33. The van der Waals surface area contributed by atoms with Crippen LogP contribution in [-0.4, -0.2) is 29.1 Å². The molecule has 4 N–H and O–H groups in total. The van der Waals surface area contributed by atoms with Gasteiger partial charge in [0.25, 0.3) is 0 Å². The zero-order valence-corrected chi connectivity index (χ0v) is 12.1. The Morgan fingerprint density at radius 3 is 2.30 bits per heavy atom. The van der Waals surface area contributed by atoms with E-state index in [0.29, 0.717) is 17.9 Å². The summed E-state index contributed by atoms with van der Waals surface area (Å²) in [5, 5.41) is 0. The van der Waals surface area contributed by atoms with Crippen LogP contribution in [0.15, 0.2) is 6.07 Å². The molecule has 2 fully saturated rings. The van der Waals surface area contributed by atoms with Crippen molar-refractivity contribution in [2.24, 2.45) is 5.73 Å². The van der Waals surface area contributed by atoms with E-state index in [1.165, 1.54) is 32.1 Å². The second-order valence-electron chi connectivity index (χ2n) is 6.19. The molecule has 0 amide bonds. The molecule has 0 aromatic carbocycles. The van der Waals surface area contributed by atoms with Gasteiger partial charge in [-0.1, -0.05) is 19.3 Å². The van der Waals surface area contributed by atoms with Gasteiger partial charge in [0.1, 0.15) is 5.82 Å². The fourth-order valence-corrected chi connectivity index (χ4v) is 3.22. The molecule has 0 atom stereocenters. The Morgan fingerprint density at radius 1 is 1.00 bits per heavy atom. The first-order valence-corrected chi connectivity index (χ1v) is 7.87. The van der Waals surface area contributed by atoms with Crippen LogP contribution >= 0.6 is 0 Å². The molecule has 1 saturated carbocycles. The van der Waals surface area contributed by atoms with E-state index in [-0.39, 0.29) is 0 Å². The molecular formula is C15H25N5. The van der Waals surface area contributed by atoms with Crippen LogP contribution in [-0.2, 0) is 0 Å². The van der Waals surface area contributed by atoms with Crippen molar-refractivity contribution in [2.45, 2.75) is 56.9 Å². The van der Waals surface area contributed by atoms with E-state index in [0.717, 1.165) is 37.4 Å². The zero-order chi connectivity index (χ0) is 13.9. The first-order chi connectivity index (χ1) is 9.72. The molecule has 1 aliphatic carbocycles. The second kappa shape index (κ2) is 5.95. The number of rotatable bonds is 2. The molecule has 1 aromatic rings. The highest BCUT2D eigenvalue weighted by Crippen LogP contribution is 2.36. The molecule has 0 bridgehead atoms. The average molecular weight is 275 g/mol. The highest BCUT2D eigenvalue weighted by molar-refractivity contribution is 5.44. The highest BCUT2D eigenvalue weighted by Gasteiger charge is 2.29. The summed E-state index contributed by atoms with van der Waals surface area (Å²) in [6, 6.07) is 2.47. The van der Waals surface area contributed by atoms with Gasteiger partial charge >= 0.3 is 0 Å². The Labute approximate surface area is 120 Å². The monoisotopic (exact) mass is 275 g/mol. The van der Waals surface area contributed by atoms with E-state index >= 15 is 0 Å². The quantitative estimate of drug-likeness (QED) is 0.863. The first kappa shape index (κ1) is 13.6. The van der Waals surface area contributed by atoms with Crippen LogP contribution in [0.5, 0.6) is 0 Å². The first-order valence-electron chi connectivity index (χ1n) is 7.87. The number of aromatic nitrogens is 2. The summed E-state index contributed by atoms with van der Waals surface area (Å²) in [4.78, 5) is 11.2. The van der Waals surface area contributed by atoms with Gasteiger partial charge in [0.15, 0.2) is 0 Å². The summed E-state index contributed by atoms with van der Waals surface area (Å²) >= 11 is 0. The lowest BCUT2D eigenvalue weighted by molar-refractivity contribution is 0.345. The van der Waals surface area contributed by atoms with Gasteiger partial charge in [0.2, 0.25) is 5.95 Å². The lowest BCUT2D eigenvalue weighted by atomic mass is 9.78. The van der Waals surface area contributed by atoms with E-state index in [9.17, 15) is 0 Å². The molecule has 5 nitrogen and oxygen atoms in total. The topological polar surface area (TPSA) is 81.1 Å². The number of anilines is 2. The Bertz CT molecular complexity index is 448. The molecule has 5 heteroatoms. The minimum Gasteiger partial charge on any atom is -0.368 e. The minimum atomic E-state index is 0.335. The Morgan fingerprint density at radius 2 is 1.65 bits per heavy atom. The summed E-state index contributed by atoms with van der Waals surface area (Å²) in [6.45, 7) is 2.17. The van der Waals surface area contributed by atoms with E-state index in [2.05, 4.69) is 20.9 Å². The van der Waals surface area contributed by atoms with Crippen LogP contribution < -0.4 is 16.4 Å². The molecule has 3 rings (SSSR count). The molecule has 1 aliphatic heterocycles.